The van der Waals surface area contributed by atoms with Gasteiger partial charge >= 0.3 is 10.2 Å². The topological polar surface area (TPSA) is 99.8 Å². The maximum Gasteiger partial charge on any atom is 0.344 e. The lowest BCUT2D eigenvalue weighted by atomic mass is 10.1. The average molecular weight is 450 g/mol. The van der Waals surface area contributed by atoms with Gasteiger partial charge in [-0.25, -0.2) is 9.37 Å². The molecule has 0 fully saturated rings. The van der Waals surface area contributed by atoms with Crippen LogP contribution in [0.2, 0.25) is 5.02 Å². The van der Waals surface area contributed by atoms with E-state index in [1.54, 1.807) is 18.5 Å². The Bertz CT molecular complexity index is 1320. The van der Waals surface area contributed by atoms with Crippen LogP contribution in [-0.4, -0.2) is 46.4 Å². The highest BCUT2D eigenvalue weighted by atomic mass is 35.5. The molecule has 1 aromatic heterocycles. The number of allylic oxidation sites excluding steroid dienone is 1. The number of aliphatic hydroxyl groups is 1. The Balaban J connectivity index is 1.71. The fourth-order valence-corrected chi connectivity index (χ4v) is 4.21. The Morgan fingerprint density at radius 2 is 1.97 bits per heavy atom. The van der Waals surface area contributed by atoms with Gasteiger partial charge in [0.25, 0.3) is 0 Å². The van der Waals surface area contributed by atoms with Crippen molar-refractivity contribution in [2.75, 3.05) is 12.4 Å². The Hall–Kier alpha value is -2.95. The molecule has 0 saturated carbocycles. The zero-order valence-corrected chi connectivity index (χ0v) is 17.5. The van der Waals surface area contributed by atoms with Gasteiger partial charge < -0.3 is 15.0 Å². The van der Waals surface area contributed by atoms with Crippen LogP contribution >= 0.6 is 11.6 Å². The third-order valence-corrected chi connectivity index (χ3v) is 6.35. The summed E-state index contributed by atoms with van der Waals surface area (Å²) >= 11 is 5.77. The fourth-order valence-electron chi connectivity index (χ4n) is 3.08. The summed E-state index contributed by atoms with van der Waals surface area (Å²) in [7, 11) is -0.928. The molecule has 3 aromatic rings. The van der Waals surface area contributed by atoms with E-state index in [0.717, 1.165) is 15.9 Å². The second kappa shape index (κ2) is 7.38. The highest BCUT2D eigenvalue weighted by Crippen LogP contribution is 2.26. The van der Waals surface area contributed by atoms with Gasteiger partial charge in [-0.1, -0.05) is 17.7 Å². The van der Waals surface area contributed by atoms with Crippen molar-refractivity contribution in [3.05, 3.63) is 70.9 Å². The molecular formula is C19H17ClFN5O3S. The molecule has 0 saturated heterocycles. The van der Waals surface area contributed by atoms with Crippen molar-refractivity contribution in [1.82, 2.24) is 13.9 Å². The Morgan fingerprint density at radius 3 is 2.70 bits per heavy atom. The number of imidazole rings is 1. The molecule has 0 radical (unpaired) electrons. The number of hydrogen-bond donors (Lipinski definition) is 2. The molecule has 2 N–H and O–H groups in total. The molecule has 4 rings (SSSR count). The lowest BCUT2D eigenvalue weighted by Crippen LogP contribution is -2.38. The van der Waals surface area contributed by atoms with Gasteiger partial charge in [-0.15, -0.1) is 4.40 Å². The molecule has 2 heterocycles. The van der Waals surface area contributed by atoms with E-state index in [4.69, 9.17) is 11.6 Å². The third kappa shape index (κ3) is 3.64. The SMILES string of the molecule is CN1C(C(O)Nc2ccc(F)c(Cl)c2)=CC(c2ccc3c(c2)ncn3C)=NS1(=O)=O. The Kier molecular flexibility index (Phi) is 5.00. The number of halogens is 2. The predicted molar refractivity (Wildman–Crippen MR) is 113 cm³/mol. The number of aliphatic hydroxyl groups excluding tert-OH is 1. The summed E-state index contributed by atoms with van der Waals surface area (Å²) in [6.45, 7) is 0. The number of rotatable bonds is 4. The van der Waals surface area contributed by atoms with Crippen molar-refractivity contribution >= 4 is 44.2 Å². The molecule has 156 valence electrons. The van der Waals surface area contributed by atoms with Crippen LogP contribution in [0.3, 0.4) is 0 Å². The molecule has 11 heteroatoms. The first-order valence-corrected chi connectivity index (χ1v) is 10.5. The van der Waals surface area contributed by atoms with Gasteiger partial charge in [0, 0.05) is 25.3 Å². The second-order valence-electron chi connectivity index (χ2n) is 6.73. The minimum Gasteiger partial charge on any atom is -0.368 e. The number of nitrogens with one attached hydrogen (secondary N) is 1. The summed E-state index contributed by atoms with van der Waals surface area (Å²) in [5.74, 6) is -0.604. The summed E-state index contributed by atoms with van der Waals surface area (Å²) in [5, 5.41) is 13.2. The standard InChI is InChI=1S/C19H17ClFN5O3S/c1-25-10-22-16-7-11(3-6-17(16)25)15-9-18(26(2)30(28,29)24-15)19(27)23-12-4-5-14(21)13(20)8-12/h3-10,19,23,27H,1-2H3. The van der Waals surface area contributed by atoms with Crippen LogP contribution < -0.4 is 5.32 Å². The van der Waals surface area contributed by atoms with E-state index in [1.807, 2.05) is 17.7 Å². The third-order valence-electron chi connectivity index (χ3n) is 4.73. The van der Waals surface area contributed by atoms with Crippen LogP contribution in [0.15, 0.2) is 58.9 Å². The normalized spacial score (nSPS) is 16.9. The van der Waals surface area contributed by atoms with E-state index in [9.17, 15) is 17.9 Å². The van der Waals surface area contributed by atoms with E-state index in [-0.39, 0.29) is 16.4 Å². The molecule has 0 spiro atoms. The quantitative estimate of drug-likeness (QED) is 0.596. The second-order valence-corrected chi connectivity index (χ2v) is 8.76. The minimum absolute atomic E-state index is 0.0431. The van der Waals surface area contributed by atoms with E-state index in [1.165, 1.54) is 25.3 Å². The summed E-state index contributed by atoms with van der Waals surface area (Å²) < 4.78 is 45.1. The highest BCUT2D eigenvalue weighted by Gasteiger charge is 2.30. The summed E-state index contributed by atoms with van der Waals surface area (Å²) in [4.78, 5) is 4.27. The van der Waals surface area contributed by atoms with Crippen molar-refractivity contribution in [1.29, 1.82) is 0 Å². The molecule has 0 aliphatic carbocycles. The van der Waals surface area contributed by atoms with Gasteiger partial charge in [-0.2, -0.15) is 8.42 Å². The van der Waals surface area contributed by atoms with E-state index < -0.39 is 22.3 Å². The molecule has 2 aromatic carbocycles. The van der Waals surface area contributed by atoms with Crippen molar-refractivity contribution < 1.29 is 17.9 Å². The molecule has 1 atom stereocenters. The van der Waals surface area contributed by atoms with Crippen molar-refractivity contribution in [3.8, 4) is 0 Å². The first-order chi connectivity index (χ1) is 14.2. The van der Waals surface area contributed by atoms with Crippen LogP contribution in [0.5, 0.6) is 0 Å². The number of nitrogens with zero attached hydrogens (tertiary/aromatic N) is 4. The zero-order valence-electron chi connectivity index (χ0n) is 15.9. The maximum atomic E-state index is 13.4. The van der Waals surface area contributed by atoms with Crippen LogP contribution in [0.4, 0.5) is 10.1 Å². The number of fused-ring (bicyclic) bond motifs is 1. The van der Waals surface area contributed by atoms with Crippen LogP contribution in [-0.2, 0) is 17.3 Å². The van der Waals surface area contributed by atoms with Gasteiger partial charge in [0.15, 0.2) is 6.23 Å². The number of aryl methyl sites for hydroxylation is 1. The van der Waals surface area contributed by atoms with E-state index >= 15 is 0 Å². The molecule has 1 aliphatic rings. The van der Waals surface area contributed by atoms with Crippen LogP contribution in [0.1, 0.15) is 5.56 Å². The lowest BCUT2D eigenvalue weighted by molar-refractivity contribution is 0.217. The van der Waals surface area contributed by atoms with Gasteiger partial charge in [0.2, 0.25) is 0 Å². The average Bonchev–Trinajstić information content (AvgIpc) is 3.07. The van der Waals surface area contributed by atoms with E-state index in [2.05, 4.69) is 14.7 Å². The van der Waals surface area contributed by atoms with Gasteiger partial charge in [0.1, 0.15) is 5.82 Å². The lowest BCUT2D eigenvalue weighted by Gasteiger charge is -2.28. The van der Waals surface area contributed by atoms with Crippen molar-refractivity contribution in [2.24, 2.45) is 11.4 Å². The highest BCUT2D eigenvalue weighted by molar-refractivity contribution is 7.88. The number of hydrogen-bond acceptors (Lipinski definition) is 5. The fraction of sp³-hybridized carbons (Fsp3) is 0.158. The van der Waals surface area contributed by atoms with Gasteiger partial charge in [-0.3, -0.25) is 4.31 Å². The monoisotopic (exact) mass is 449 g/mol. The van der Waals surface area contributed by atoms with E-state index in [0.29, 0.717) is 16.8 Å². The Morgan fingerprint density at radius 1 is 1.20 bits per heavy atom. The van der Waals surface area contributed by atoms with Gasteiger partial charge in [-0.05, 0) is 36.4 Å². The molecule has 8 nitrogen and oxygen atoms in total. The molecular weight excluding hydrogens is 433 g/mol. The van der Waals surface area contributed by atoms with Crippen molar-refractivity contribution in [2.45, 2.75) is 6.23 Å². The summed E-state index contributed by atoms with van der Waals surface area (Å²) in [5.41, 5.74) is 2.63. The number of benzene rings is 2. The summed E-state index contributed by atoms with van der Waals surface area (Å²) in [6, 6.07) is 9.09. The van der Waals surface area contributed by atoms with Crippen molar-refractivity contribution in [3.63, 3.8) is 0 Å². The van der Waals surface area contributed by atoms with Crippen LogP contribution in [0, 0.1) is 5.82 Å². The number of likely N-dealkylation sites (N-methyl/N-ethyl adjacent to an activating group) is 1. The summed E-state index contributed by atoms with van der Waals surface area (Å²) in [6.07, 6.45) is 1.70. The molecule has 1 unspecified atom stereocenters. The van der Waals surface area contributed by atoms with Gasteiger partial charge in [0.05, 0.1) is 33.8 Å². The number of aromatic nitrogens is 2. The van der Waals surface area contributed by atoms with Crippen LogP contribution in [0.25, 0.3) is 11.0 Å². The first-order valence-electron chi connectivity index (χ1n) is 8.77. The maximum absolute atomic E-state index is 13.4. The smallest absolute Gasteiger partial charge is 0.344 e. The largest absolute Gasteiger partial charge is 0.368 e. The molecule has 1 aliphatic heterocycles. The minimum atomic E-state index is -4.07. The molecule has 0 bridgehead atoms. The number of anilines is 1. The predicted octanol–water partition coefficient (Wildman–Crippen LogP) is 2.66. The first kappa shape index (κ1) is 20.3. The zero-order chi connectivity index (χ0) is 21.6. The molecule has 30 heavy (non-hydrogen) atoms. The Labute approximate surface area is 177 Å². The molecule has 0 amide bonds.